The van der Waals surface area contributed by atoms with Gasteiger partial charge in [0.2, 0.25) is 0 Å². The van der Waals surface area contributed by atoms with Gasteiger partial charge in [-0.25, -0.2) is 0 Å². The molecule has 0 radical (unpaired) electrons. The molecule has 0 saturated carbocycles. The third kappa shape index (κ3) is 226. The van der Waals surface area contributed by atoms with Crippen LogP contribution in [0.2, 0.25) is 0 Å². The Morgan fingerprint density at radius 2 is 0.857 bits per heavy atom. The van der Waals surface area contributed by atoms with Gasteiger partial charge in [-0.15, -0.1) is 0 Å². The average Bonchev–Trinajstić information content (AvgIpc) is 0.918. The molecule has 0 rings (SSSR count). The van der Waals surface area contributed by atoms with Gasteiger partial charge in [-0.05, 0) is 0 Å². The van der Waals surface area contributed by atoms with Crippen molar-refractivity contribution in [3.05, 3.63) is 27.6 Å². The maximum atomic E-state index is 3.50. The summed E-state index contributed by atoms with van der Waals surface area (Å²) in [5.74, 6) is 0. The van der Waals surface area contributed by atoms with Crippen molar-refractivity contribution < 1.29 is 26.2 Å². The molecule has 0 aliphatic carbocycles. The summed E-state index contributed by atoms with van der Waals surface area (Å²) in [6, 6.07) is 0. The largest absolute Gasteiger partial charge is 4.00 e. The second-order valence-electron chi connectivity index (χ2n) is 0.447. The number of rotatable bonds is 0. The molecule has 0 aromatic heterocycles. The second-order valence-corrected chi connectivity index (χ2v) is 0.447. The van der Waals surface area contributed by atoms with E-state index in [9.17, 15) is 0 Å². The molecule has 0 amide bonds. The van der Waals surface area contributed by atoms with Gasteiger partial charge in [0.25, 0.3) is 0 Å². The van der Waals surface area contributed by atoms with Crippen LogP contribution >= 0.6 is 0 Å². The summed E-state index contributed by atoms with van der Waals surface area (Å²) in [5.41, 5.74) is 0. The molecule has 0 saturated heterocycles. The van der Waals surface area contributed by atoms with Crippen LogP contribution in [0.4, 0.5) is 0 Å². The van der Waals surface area contributed by atoms with Crippen molar-refractivity contribution in [2.45, 2.75) is 0 Å². The van der Waals surface area contributed by atoms with Crippen molar-refractivity contribution in [2.24, 2.45) is 0 Å². The molecule has 2 heteroatoms. The van der Waals surface area contributed by atoms with Gasteiger partial charge in [-0.2, -0.15) is 14.1 Å². The van der Waals surface area contributed by atoms with E-state index in [0.717, 1.165) is 0 Å². The van der Waals surface area contributed by atoms with Gasteiger partial charge in [-0.3, -0.25) is 0 Å². The monoisotopic (exact) mass is 179 g/mol. The fraction of sp³-hybridized carbons (Fsp3) is 0.400. The first kappa shape index (κ1) is 45.4. The third-order valence-electron chi connectivity index (χ3n) is 0. The molecular formula is C5H15NZr. The first-order chi connectivity index (χ1) is 1.41. The van der Waals surface area contributed by atoms with Crippen LogP contribution in [-0.4, -0.2) is 14.1 Å². The van der Waals surface area contributed by atoms with Crippen molar-refractivity contribution in [1.29, 1.82) is 0 Å². The first-order valence-corrected chi connectivity index (χ1v) is 0.894. The summed E-state index contributed by atoms with van der Waals surface area (Å²) in [4.78, 5) is 0. The molecule has 44 valence electrons. The van der Waals surface area contributed by atoms with Gasteiger partial charge in [-0.1, -0.05) is 0 Å². The zero-order valence-electron chi connectivity index (χ0n) is 5.95. The maximum absolute atomic E-state index is 3.50. The van der Waals surface area contributed by atoms with E-state index in [1.165, 1.54) is 0 Å². The average molecular weight is 180 g/mol. The standard InChI is InChI=1S/C2H6N.3CH3.Zr/c1-3-2;;;;/h1-2H3;3*1H3;/q4*-1;+4. The van der Waals surface area contributed by atoms with E-state index in [0.29, 0.717) is 0 Å². The topological polar surface area (TPSA) is 14.1 Å². The van der Waals surface area contributed by atoms with Crippen molar-refractivity contribution in [2.75, 3.05) is 14.1 Å². The van der Waals surface area contributed by atoms with Crippen LogP contribution in [-0.2, 0) is 26.2 Å². The summed E-state index contributed by atoms with van der Waals surface area (Å²) in [6.45, 7) is 0. The summed E-state index contributed by atoms with van der Waals surface area (Å²) >= 11 is 0. The molecule has 0 aromatic rings. The van der Waals surface area contributed by atoms with E-state index in [1.807, 2.05) is 0 Å². The van der Waals surface area contributed by atoms with Crippen LogP contribution in [0.3, 0.4) is 0 Å². The van der Waals surface area contributed by atoms with Crippen LogP contribution in [0.1, 0.15) is 0 Å². The maximum Gasteiger partial charge on any atom is 4.00 e. The Labute approximate surface area is 68.0 Å². The Balaban J connectivity index is -0.00000000333. The van der Waals surface area contributed by atoms with Crippen molar-refractivity contribution >= 4 is 0 Å². The van der Waals surface area contributed by atoms with Crippen LogP contribution in [0.15, 0.2) is 0 Å². The third-order valence-corrected chi connectivity index (χ3v) is 0. The Morgan fingerprint density at radius 1 is 0.857 bits per heavy atom. The zero-order chi connectivity index (χ0) is 2.71. The zero-order valence-corrected chi connectivity index (χ0v) is 8.41. The Bertz CT molecular complexity index is 8.04. The van der Waals surface area contributed by atoms with E-state index in [-0.39, 0.29) is 48.5 Å². The molecule has 0 bridgehead atoms. The molecule has 0 atom stereocenters. The molecule has 0 aliphatic rings. The number of hydrogen-bond donors (Lipinski definition) is 0. The SMILES string of the molecule is C[N-]C.[CH3-].[CH3-].[CH3-].[Zr+4]. The van der Waals surface area contributed by atoms with Crippen molar-refractivity contribution in [3.8, 4) is 0 Å². The van der Waals surface area contributed by atoms with E-state index in [2.05, 4.69) is 5.32 Å². The second kappa shape index (κ2) is 68.8. The molecular weight excluding hydrogens is 165 g/mol. The molecule has 1 nitrogen and oxygen atoms in total. The van der Waals surface area contributed by atoms with Crippen molar-refractivity contribution in [1.82, 2.24) is 0 Å². The molecule has 0 heterocycles. The Morgan fingerprint density at radius 3 is 0.857 bits per heavy atom. The smallest absolute Gasteiger partial charge is 0.668 e. The summed E-state index contributed by atoms with van der Waals surface area (Å²) in [7, 11) is 3.50. The van der Waals surface area contributed by atoms with Gasteiger partial charge in [0, 0.05) is 0 Å². The first-order valence-electron chi connectivity index (χ1n) is 0.894. The molecule has 0 fully saturated rings. The van der Waals surface area contributed by atoms with Crippen LogP contribution < -0.4 is 0 Å². The Hall–Kier alpha value is 0.843. The van der Waals surface area contributed by atoms with Gasteiger partial charge in [0.05, 0.1) is 0 Å². The minimum absolute atomic E-state index is 0. The fourth-order valence-electron chi connectivity index (χ4n) is 0. The molecule has 0 unspecified atom stereocenters. The van der Waals surface area contributed by atoms with E-state index < -0.39 is 0 Å². The predicted octanol–water partition coefficient (Wildman–Crippen LogP) is 1.97. The van der Waals surface area contributed by atoms with E-state index in [1.54, 1.807) is 14.1 Å². The van der Waals surface area contributed by atoms with Crippen molar-refractivity contribution in [3.63, 3.8) is 0 Å². The van der Waals surface area contributed by atoms with Gasteiger partial charge >= 0.3 is 26.2 Å². The van der Waals surface area contributed by atoms with Crippen LogP contribution in [0.5, 0.6) is 0 Å². The Kier molecular flexibility index (Phi) is 446. The van der Waals surface area contributed by atoms with E-state index >= 15 is 0 Å². The summed E-state index contributed by atoms with van der Waals surface area (Å²) in [6.07, 6.45) is 0. The molecule has 0 N–H and O–H groups in total. The molecule has 0 spiro atoms. The minimum atomic E-state index is 0. The minimum Gasteiger partial charge on any atom is -0.668 e. The van der Waals surface area contributed by atoms with Gasteiger partial charge < -0.3 is 27.6 Å². The number of hydrogen-bond acceptors (Lipinski definition) is 0. The normalized spacial score (nSPS) is 2.57. The van der Waals surface area contributed by atoms with Gasteiger partial charge in [0.1, 0.15) is 0 Å². The molecule has 0 aliphatic heterocycles. The molecule has 0 aromatic carbocycles. The van der Waals surface area contributed by atoms with Crippen LogP contribution in [0, 0.1) is 22.3 Å². The number of nitrogens with zero attached hydrogens (tertiary/aromatic N) is 1. The summed E-state index contributed by atoms with van der Waals surface area (Å²) < 4.78 is 0. The molecule has 7 heavy (non-hydrogen) atoms. The summed E-state index contributed by atoms with van der Waals surface area (Å²) in [5, 5.41) is 3.50. The van der Waals surface area contributed by atoms with Gasteiger partial charge in [0.15, 0.2) is 0 Å². The van der Waals surface area contributed by atoms with E-state index in [4.69, 9.17) is 0 Å². The fourth-order valence-corrected chi connectivity index (χ4v) is 0. The predicted molar refractivity (Wildman–Crippen MR) is 34.4 cm³/mol. The quantitative estimate of drug-likeness (QED) is 0.506. The van der Waals surface area contributed by atoms with Crippen LogP contribution in [0.25, 0.3) is 5.32 Å².